The number of methoxy groups -OCH3 is 1. The summed E-state index contributed by atoms with van der Waals surface area (Å²) >= 11 is 0. The van der Waals surface area contributed by atoms with Crippen molar-refractivity contribution in [3.8, 4) is 6.01 Å². The number of aromatic nitrogens is 3. The predicted octanol–water partition coefficient (Wildman–Crippen LogP) is 1.55. The Bertz CT molecular complexity index is 341. The fraction of sp³-hybridized carbons (Fsp3) is 0.727. The summed E-state index contributed by atoms with van der Waals surface area (Å²) in [5.41, 5.74) is 0. The normalized spacial score (nSPS) is 10.1. The van der Waals surface area contributed by atoms with E-state index in [0.717, 1.165) is 26.1 Å². The van der Waals surface area contributed by atoms with E-state index in [1.807, 2.05) is 0 Å². The third kappa shape index (κ3) is 3.72. The molecule has 1 aromatic rings. The van der Waals surface area contributed by atoms with Crippen LogP contribution in [0.25, 0.3) is 0 Å². The molecule has 0 saturated heterocycles. The molecular formula is C11H21N5O. The second-order valence-electron chi connectivity index (χ2n) is 3.54. The Morgan fingerprint density at radius 3 is 2.35 bits per heavy atom. The first-order chi connectivity index (χ1) is 8.24. The highest BCUT2D eigenvalue weighted by atomic mass is 16.5. The van der Waals surface area contributed by atoms with Crippen molar-refractivity contribution in [2.45, 2.75) is 27.2 Å². The Balaban J connectivity index is 2.95. The minimum absolute atomic E-state index is 0.348. The van der Waals surface area contributed by atoms with Gasteiger partial charge in [0.05, 0.1) is 7.11 Å². The van der Waals surface area contributed by atoms with Gasteiger partial charge in [-0.05, 0) is 20.3 Å². The first kappa shape index (κ1) is 13.5. The molecule has 1 heterocycles. The third-order valence-electron chi connectivity index (χ3n) is 2.37. The van der Waals surface area contributed by atoms with E-state index in [1.54, 1.807) is 7.11 Å². The average Bonchev–Trinajstić information content (AvgIpc) is 2.37. The van der Waals surface area contributed by atoms with Crippen molar-refractivity contribution in [3.63, 3.8) is 0 Å². The molecule has 0 spiro atoms. The zero-order valence-electron chi connectivity index (χ0n) is 11.0. The molecule has 17 heavy (non-hydrogen) atoms. The van der Waals surface area contributed by atoms with Gasteiger partial charge < -0.3 is 15.0 Å². The van der Waals surface area contributed by atoms with Gasteiger partial charge in [-0.25, -0.2) is 0 Å². The molecule has 6 heteroatoms. The molecule has 0 aliphatic heterocycles. The van der Waals surface area contributed by atoms with E-state index in [0.29, 0.717) is 17.9 Å². The van der Waals surface area contributed by atoms with Gasteiger partial charge in [-0.3, -0.25) is 0 Å². The van der Waals surface area contributed by atoms with Crippen LogP contribution in [0.3, 0.4) is 0 Å². The molecule has 0 aromatic carbocycles. The van der Waals surface area contributed by atoms with Gasteiger partial charge in [0.15, 0.2) is 0 Å². The fourth-order valence-corrected chi connectivity index (χ4v) is 1.40. The zero-order valence-corrected chi connectivity index (χ0v) is 11.0. The number of ether oxygens (including phenoxy) is 1. The summed E-state index contributed by atoms with van der Waals surface area (Å²) in [5.74, 6) is 1.22. The second-order valence-corrected chi connectivity index (χ2v) is 3.54. The van der Waals surface area contributed by atoms with Gasteiger partial charge in [0.25, 0.3) is 0 Å². The maximum absolute atomic E-state index is 5.09. The van der Waals surface area contributed by atoms with Crippen molar-refractivity contribution in [1.82, 2.24) is 15.0 Å². The second kappa shape index (κ2) is 6.88. The Labute approximate surface area is 102 Å². The van der Waals surface area contributed by atoms with Crippen LogP contribution in [0.15, 0.2) is 0 Å². The molecule has 6 nitrogen and oxygen atoms in total. The Morgan fingerprint density at radius 1 is 1.12 bits per heavy atom. The largest absolute Gasteiger partial charge is 0.467 e. The molecule has 0 aliphatic carbocycles. The van der Waals surface area contributed by atoms with Crippen molar-refractivity contribution >= 4 is 11.9 Å². The number of nitrogens with zero attached hydrogens (tertiary/aromatic N) is 4. The molecule has 0 radical (unpaired) electrons. The minimum Gasteiger partial charge on any atom is -0.467 e. The molecule has 1 rings (SSSR count). The topological polar surface area (TPSA) is 63.2 Å². The molecule has 0 bridgehead atoms. The zero-order chi connectivity index (χ0) is 12.7. The highest BCUT2D eigenvalue weighted by molar-refractivity contribution is 5.38. The van der Waals surface area contributed by atoms with Crippen molar-refractivity contribution < 1.29 is 4.74 Å². The summed E-state index contributed by atoms with van der Waals surface area (Å²) in [5, 5.41) is 3.14. The van der Waals surface area contributed by atoms with Gasteiger partial charge in [0, 0.05) is 19.6 Å². The molecule has 0 atom stereocenters. The van der Waals surface area contributed by atoms with Crippen LogP contribution in [0.4, 0.5) is 11.9 Å². The summed E-state index contributed by atoms with van der Waals surface area (Å²) in [6, 6.07) is 0.348. The molecule has 0 amide bonds. The summed E-state index contributed by atoms with van der Waals surface area (Å²) < 4.78 is 5.09. The lowest BCUT2D eigenvalue weighted by Gasteiger charge is -2.19. The average molecular weight is 239 g/mol. The van der Waals surface area contributed by atoms with Crippen molar-refractivity contribution in [2.24, 2.45) is 0 Å². The van der Waals surface area contributed by atoms with E-state index in [4.69, 9.17) is 4.74 Å². The van der Waals surface area contributed by atoms with Crippen LogP contribution >= 0.6 is 0 Å². The molecular weight excluding hydrogens is 218 g/mol. The van der Waals surface area contributed by atoms with Gasteiger partial charge in [0.2, 0.25) is 11.9 Å². The molecule has 0 fully saturated rings. The van der Waals surface area contributed by atoms with Crippen molar-refractivity contribution in [3.05, 3.63) is 0 Å². The monoisotopic (exact) mass is 239 g/mol. The smallest absolute Gasteiger partial charge is 0.322 e. The summed E-state index contributed by atoms with van der Waals surface area (Å²) in [4.78, 5) is 14.8. The maximum Gasteiger partial charge on any atom is 0.322 e. The van der Waals surface area contributed by atoms with E-state index in [1.165, 1.54) is 0 Å². The molecule has 96 valence electrons. The van der Waals surface area contributed by atoms with E-state index in [-0.39, 0.29) is 0 Å². The van der Waals surface area contributed by atoms with Crippen LogP contribution in [0, 0.1) is 0 Å². The van der Waals surface area contributed by atoms with E-state index < -0.39 is 0 Å². The van der Waals surface area contributed by atoms with Gasteiger partial charge in [-0.15, -0.1) is 0 Å². The molecule has 0 saturated carbocycles. The quantitative estimate of drug-likeness (QED) is 0.779. The molecule has 0 unspecified atom stereocenters. The lowest BCUT2D eigenvalue weighted by Crippen LogP contribution is -2.25. The first-order valence-electron chi connectivity index (χ1n) is 6.03. The van der Waals surface area contributed by atoms with Crippen LogP contribution in [-0.2, 0) is 0 Å². The van der Waals surface area contributed by atoms with E-state index >= 15 is 0 Å². The van der Waals surface area contributed by atoms with Crippen LogP contribution in [0.5, 0.6) is 6.01 Å². The Kier molecular flexibility index (Phi) is 5.45. The van der Waals surface area contributed by atoms with Gasteiger partial charge >= 0.3 is 6.01 Å². The number of hydrogen-bond donors (Lipinski definition) is 1. The first-order valence-corrected chi connectivity index (χ1v) is 6.03. The van der Waals surface area contributed by atoms with Crippen LogP contribution in [0.2, 0.25) is 0 Å². The number of hydrogen-bond acceptors (Lipinski definition) is 6. The summed E-state index contributed by atoms with van der Waals surface area (Å²) in [6.07, 6.45) is 1.02. The standard InChI is InChI=1S/C11H21N5O/c1-5-8-12-9-13-10(16(6-2)7-3)15-11(14-9)17-4/h5-8H2,1-4H3,(H,12,13,14,15). The highest BCUT2D eigenvalue weighted by Gasteiger charge is 2.10. The SMILES string of the molecule is CCCNc1nc(OC)nc(N(CC)CC)n1. The van der Waals surface area contributed by atoms with E-state index in [2.05, 4.69) is 45.9 Å². The predicted molar refractivity (Wildman–Crippen MR) is 68.7 cm³/mol. The molecule has 1 N–H and O–H groups in total. The lowest BCUT2D eigenvalue weighted by molar-refractivity contribution is 0.378. The lowest BCUT2D eigenvalue weighted by atomic mass is 10.5. The van der Waals surface area contributed by atoms with Crippen molar-refractivity contribution in [1.29, 1.82) is 0 Å². The maximum atomic E-state index is 5.09. The van der Waals surface area contributed by atoms with Crippen molar-refractivity contribution in [2.75, 3.05) is 37.0 Å². The summed E-state index contributed by atoms with van der Waals surface area (Å²) in [6.45, 7) is 8.78. The highest BCUT2D eigenvalue weighted by Crippen LogP contribution is 2.14. The minimum atomic E-state index is 0.348. The number of rotatable bonds is 7. The summed E-state index contributed by atoms with van der Waals surface area (Å²) in [7, 11) is 1.56. The Hall–Kier alpha value is -1.59. The van der Waals surface area contributed by atoms with Crippen LogP contribution < -0.4 is 15.0 Å². The van der Waals surface area contributed by atoms with Crippen LogP contribution in [0.1, 0.15) is 27.2 Å². The van der Waals surface area contributed by atoms with Gasteiger partial charge in [-0.2, -0.15) is 15.0 Å². The molecule has 1 aromatic heterocycles. The third-order valence-corrected chi connectivity index (χ3v) is 2.37. The molecule has 0 aliphatic rings. The van der Waals surface area contributed by atoms with Gasteiger partial charge in [-0.1, -0.05) is 6.92 Å². The van der Waals surface area contributed by atoms with E-state index in [9.17, 15) is 0 Å². The number of anilines is 2. The fourth-order valence-electron chi connectivity index (χ4n) is 1.40. The van der Waals surface area contributed by atoms with Gasteiger partial charge in [0.1, 0.15) is 0 Å². The number of nitrogens with one attached hydrogen (secondary N) is 1. The van der Waals surface area contributed by atoms with Crippen LogP contribution in [-0.4, -0.2) is 41.7 Å². The Morgan fingerprint density at radius 2 is 1.82 bits per heavy atom.